The normalized spacial score (nSPS) is 18.1. The average Bonchev–Trinajstić information content (AvgIpc) is 2.85. The zero-order chi connectivity index (χ0) is 13.4. The zero-order valence-electron chi connectivity index (χ0n) is 9.92. The molecular formula is C14H11NO3S. The molecule has 96 valence electrons. The molecule has 3 rings (SSSR count). The molecule has 1 aromatic heterocycles. The first-order valence-corrected chi connectivity index (χ1v) is 6.26. The maximum atomic E-state index is 11.1. The first-order chi connectivity index (χ1) is 9.16. The van der Waals surface area contributed by atoms with E-state index < -0.39 is 12.0 Å². The van der Waals surface area contributed by atoms with Gasteiger partial charge in [0.15, 0.2) is 0 Å². The molecule has 1 aliphatic heterocycles. The predicted molar refractivity (Wildman–Crippen MR) is 74.1 cm³/mol. The maximum Gasteiger partial charge on any atom is 0.326 e. The number of rotatable bonds is 2. The van der Waals surface area contributed by atoms with Crippen LogP contribution in [0.1, 0.15) is 11.3 Å². The number of fused-ring (bicyclic) bond motifs is 1. The summed E-state index contributed by atoms with van der Waals surface area (Å²) in [6, 6.07) is 10.7. The summed E-state index contributed by atoms with van der Waals surface area (Å²) < 4.78 is 5.74. The SMILES string of the molecule is O=C(O)C1NCc2cc(-c3ccccc3)oc2C1=S. The van der Waals surface area contributed by atoms with Gasteiger partial charge in [-0.3, -0.25) is 10.1 Å². The second-order valence-corrected chi connectivity index (χ2v) is 4.79. The summed E-state index contributed by atoms with van der Waals surface area (Å²) in [7, 11) is 0. The number of carbonyl (C=O) groups is 1. The quantitative estimate of drug-likeness (QED) is 0.821. The lowest BCUT2D eigenvalue weighted by Gasteiger charge is -2.19. The molecule has 2 heterocycles. The van der Waals surface area contributed by atoms with Crippen LogP contribution in [0.25, 0.3) is 11.3 Å². The summed E-state index contributed by atoms with van der Waals surface area (Å²) in [6.45, 7) is 0.447. The highest BCUT2D eigenvalue weighted by molar-refractivity contribution is 7.81. The van der Waals surface area contributed by atoms with Crippen LogP contribution in [0.5, 0.6) is 0 Å². The Hall–Kier alpha value is -1.98. The van der Waals surface area contributed by atoms with Gasteiger partial charge in [-0.2, -0.15) is 0 Å². The van der Waals surface area contributed by atoms with Crippen molar-refractivity contribution in [1.29, 1.82) is 0 Å². The van der Waals surface area contributed by atoms with E-state index in [1.54, 1.807) is 0 Å². The molecule has 4 nitrogen and oxygen atoms in total. The lowest BCUT2D eigenvalue weighted by Crippen LogP contribution is -2.45. The summed E-state index contributed by atoms with van der Waals surface area (Å²) >= 11 is 5.18. The monoisotopic (exact) mass is 273 g/mol. The molecule has 1 aromatic carbocycles. The van der Waals surface area contributed by atoms with E-state index >= 15 is 0 Å². The number of nitrogens with one attached hydrogen (secondary N) is 1. The molecule has 0 amide bonds. The van der Waals surface area contributed by atoms with Crippen molar-refractivity contribution in [3.63, 3.8) is 0 Å². The Morgan fingerprint density at radius 2 is 2.11 bits per heavy atom. The van der Waals surface area contributed by atoms with E-state index in [1.807, 2.05) is 36.4 Å². The molecule has 1 atom stereocenters. The minimum atomic E-state index is -0.978. The second kappa shape index (κ2) is 4.60. The van der Waals surface area contributed by atoms with Gasteiger partial charge in [-0.15, -0.1) is 0 Å². The van der Waals surface area contributed by atoms with Gasteiger partial charge in [0.2, 0.25) is 0 Å². The summed E-state index contributed by atoms with van der Waals surface area (Å²) in [6.07, 6.45) is 0. The Kier molecular flexibility index (Phi) is 2.93. The Balaban J connectivity index is 2.01. The Morgan fingerprint density at radius 1 is 1.37 bits per heavy atom. The van der Waals surface area contributed by atoms with Gasteiger partial charge in [0.25, 0.3) is 0 Å². The number of furan rings is 1. The topological polar surface area (TPSA) is 62.5 Å². The van der Waals surface area contributed by atoms with Crippen LogP contribution in [-0.4, -0.2) is 22.0 Å². The fraction of sp³-hybridized carbons (Fsp3) is 0.143. The average molecular weight is 273 g/mol. The molecule has 2 aromatic rings. The van der Waals surface area contributed by atoms with E-state index in [9.17, 15) is 4.79 Å². The van der Waals surface area contributed by atoms with Crippen LogP contribution >= 0.6 is 12.2 Å². The number of carboxylic acids is 1. The van der Waals surface area contributed by atoms with Crippen molar-refractivity contribution in [2.24, 2.45) is 0 Å². The van der Waals surface area contributed by atoms with Crippen molar-refractivity contribution in [3.05, 3.63) is 47.7 Å². The van der Waals surface area contributed by atoms with E-state index in [1.165, 1.54) is 0 Å². The largest absolute Gasteiger partial charge is 0.480 e. The van der Waals surface area contributed by atoms with Crippen LogP contribution < -0.4 is 5.32 Å². The number of carboxylic acid groups (broad SMARTS) is 1. The maximum absolute atomic E-state index is 11.1. The molecule has 2 N–H and O–H groups in total. The minimum absolute atomic E-state index is 0.302. The van der Waals surface area contributed by atoms with Gasteiger partial charge in [0.1, 0.15) is 17.6 Å². The fourth-order valence-electron chi connectivity index (χ4n) is 2.15. The first-order valence-electron chi connectivity index (χ1n) is 5.85. The van der Waals surface area contributed by atoms with E-state index in [0.717, 1.165) is 11.1 Å². The first kappa shape index (κ1) is 12.1. The highest BCUT2D eigenvalue weighted by atomic mass is 32.1. The standard InChI is InChI=1S/C14H11NO3S/c16-14(17)11-13(19)12-9(7-15-11)6-10(18-12)8-4-2-1-3-5-8/h1-6,11,15H,7H2,(H,16,17). The highest BCUT2D eigenvalue weighted by Gasteiger charge is 2.32. The molecular weight excluding hydrogens is 262 g/mol. The summed E-state index contributed by atoms with van der Waals surface area (Å²) in [5, 5.41) is 12.0. The van der Waals surface area contributed by atoms with E-state index in [-0.39, 0.29) is 0 Å². The third-order valence-electron chi connectivity index (χ3n) is 3.10. The molecule has 0 bridgehead atoms. The van der Waals surface area contributed by atoms with Crippen LogP contribution in [0.15, 0.2) is 40.8 Å². The molecule has 0 spiro atoms. The predicted octanol–water partition coefficient (Wildman–Crippen LogP) is 2.22. The van der Waals surface area contributed by atoms with Crippen LogP contribution in [0.2, 0.25) is 0 Å². The van der Waals surface area contributed by atoms with Crippen LogP contribution in [-0.2, 0) is 11.3 Å². The summed E-state index contributed by atoms with van der Waals surface area (Å²) in [5.41, 5.74) is 1.85. The van der Waals surface area contributed by atoms with Gasteiger partial charge in [-0.05, 0) is 6.07 Å². The number of hydrogen-bond acceptors (Lipinski definition) is 4. The van der Waals surface area contributed by atoms with Crippen LogP contribution in [0.4, 0.5) is 0 Å². The van der Waals surface area contributed by atoms with Crippen molar-refractivity contribution >= 4 is 23.1 Å². The molecule has 0 saturated carbocycles. The van der Waals surface area contributed by atoms with Crippen molar-refractivity contribution in [1.82, 2.24) is 5.32 Å². The summed E-state index contributed by atoms with van der Waals surface area (Å²) in [5.74, 6) is 0.245. The molecule has 0 aliphatic carbocycles. The van der Waals surface area contributed by atoms with Crippen molar-refractivity contribution < 1.29 is 14.3 Å². The Labute approximate surface area is 115 Å². The molecule has 0 radical (unpaired) electrons. The number of aliphatic carboxylic acids is 1. The molecule has 5 heteroatoms. The van der Waals surface area contributed by atoms with Crippen molar-refractivity contribution in [2.45, 2.75) is 12.6 Å². The molecule has 0 saturated heterocycles. The van der Waals surface area contributed by atoms with E-state index in [0.29, 0.717) is 22.9 Å². The van der Waals surface area contributed by atoms with Crippen molar-refractivity contribution in [2.75, 3.05) is 0 Å². The van der Waals surface area contributed by atoms with Gasteiger partial charge in [-0.25, -0.2) is 0 Å². The van der Waals surface area contributed by atoms with Gasteiger partial charge >= 0.3 is 5.97 Å². The van der Waals surface area contributed by atoms with Gasteiger partial charge in [0, 0.05) is 17.7 Å². The third kappa shape index (κ3) is 2.07. The molecule has 0 fully saturated rings. The van der Waals surface area contributed by atoms with Gasteiger partial charge < -0.3 is 9.52 Å². The molecule has 1 aliphatic rings. The van der Waals surface area contributed by atoms with E-state index in [4.69, 9.17) is 21.7 Å². The molecule has 1 unspecified atom stereocenters. The number of thiocarbonyl (C=S) groups is 1. The zero-order valence-corrected chi connectivity index (χ0v) is 10.7. The smallest absolute Gasteiger partial charge is 0.326 e. The Bertz CT molecular complexity index is 648. The number of benzene rings is 1. The summed E-state index contributed by atoms with van der Waals surface area (Å²) in [4.78, 5) is 11.4. The van der Waals surface area contributed by atoms with Gasteiger partial charge in [-0.1, -0.05) is 42.5 Å². The van der Waals surface area contributed by atoms with Crippen molar-refractivity contribution in [3.8, 4) is 11.3 Å². The minimum Gasteiger partial charge on any atom is -0.480 e. The lowest BCUT2D eigenvalue weighted by molar-refractivity contribution is -0.137. The lowest BCUT2D eigenvalue weighted by atomic mass is 10.0. The third-order valence-corrected chi connectivity index (χ3v) is 3.52. The van der Waals surface area contributed by atoms with Crippen LogP contribution in [0, 0.1) is 0 Å². The van der Waals surface area contributed by atoms with Gasteiger partial charge in [0.05, 0.1) is 4.86 Å². The van der Waals surface area contributed by atoms with Crippen LogP contribution in [0.3, 0.4) is 0 Å². The Morgan fingerprint density at radius 3 is 2.79 bits per heavy atom. The molecule has 19 heavy (non-hydrogen) atoms. The number of hydrogen-bond donors (Lipinski definition) is 2. The fourth-order valence-corrected chi connectivity index (χ4v) is 2.51. The van der Waals surface area contributed by atoms with E-state index in [2.05, 4.69) is 5.32 Å². The second-order valence-electron chi connectivity index (χ2n) is 4.35. The highest BCUT2D eigenvalue weighted by Crippen LogP contribution is 2.28.